The highest BCUT2D eigenvalue weighted by Gasteiger charge is 2.16. The minimum atomic E-state index is -0.704. The van der Waals surface area contributed by atoms with Crippen LogP contribution >= 0.6 is 23.2 Å². The molecule has 8 heteroatoms. The van der Waals surface area contributed by atoms with Crippen LogP contribution in [-0.2, 0) is 14.3 Å². The number of amides is 1. The van der Waals surface area contributed by atoms with Crippen molar-refractivity contribution >= 4 is 46.0 Å². The van der Waals surface area contributed by atoms with Crippen molar-refractivity contribution in [3.05, 3.63) is 69.8 Å². The van der Waals surface area contributed by atoms with Crippen LogP contribution in [0.4, 0.5) is 0 Å². The van der Waals surface area contributed by atoms with Gasteiger partial charge in [0.2, 0.25) is 0 Å². The molecule has 0 bridgehead atoms. The first-order valence-electron chi connectivity index (χ1n) is 9.23. The van der Waals surface area contributed by atoms with Crippen molar-refractivity contribution in [3.8, 4) is 5.75 Å². The highest BCUT2D eigenvalue weighted by Crippen LogP contribution is 2.37. The number of carbonyl (C=O) groups excluding carboxylic acids is 2. The minimum absolute atomic E-state index is 0.206. The molecule has 1 amide bonds. The third kappa shape index (κ3) is 5.40. The number of hydrogen-bond donors (Lipinski definition) is 1. The lowest BCUT2D eigenvalue weighted by atomic mass is 10.1. The average molecular weight is 447 g/mol. The second kappa shape index (κ2) is 9.78. The number of pyridine rings is 1. The summed E-state index contributed by atoms with van der Waals surface area (Å²) in [6, 6.07) is 14.4. The van der Waals surface area contributed by atoms with Gasteiger partial charge in [-0.05, 0) is 37.6 Å². The van der Waals surface area contributed by atoms with Crippen molar-refractivity contribution in [2.45, 2.75) is 19.9 Å². The number of benzene rings is 2. The Morgan fingerprint density at radius 3 is 2.53 bits per heavy atom. The van der Waals surface area contributed by atoms with Crippen molar-refractivity contribution in [3.63, 3.8) is 0 Å². The quantitative estimate of drug-likeness (QED) is 0.534. The first-order valence-corrected chi connectivity index (χ1v) is 9.99. The molecule has 156 valence electrons. The predicted molar refractivity (Wildman–Crippen MR) is 116 cm³/mol. The molecule has 0 spiro atoms. The fourth-order valence-corrected chi connectivity index (χ4v) is 3.43. The van der Waals surface area contributed by atoms with E-state index in [1.54, 1.807) is 6.07 Å². The van der Waals surface area contributed by atoms with Gasteiger partial charge in [-0.2, -0.15) is 0 Å². The average Bonchev–Trinajstić information content (AvgIpc) is 2.72. The topological polar surface area (TPSA) is 77.5 Å². The third-order valence-corrected chi connectivity index (χ3v) is 4.95. The van der Waals surface area contributed by atoms with Crippen molar-refractivity contribution in [1.29, 1.82) is 0 Å². The third-order valence-electron chi connectivity index (χ3n) is 4.35. The van der Waals surface area contributed by atoms with Crippen LogP contribution in [0, 0.1) is 6.92 Å². The standard InChI is InChI=1S/C22H20Cl2N2O4/c1-13-8-9-16-17(23)10-18(24)22(21(16)25-13)30-12-20(28)29-11-19(27)26-14(2)15-6-4-3-5-7-15/h3-10,14H,11-12H2,1-2H3,(H,26,27)/t14-/m0/s1. The molecule has 0 saturated heterocycles. The first-order chi connectivity index (χ1) is 14.3. The lowest BCUT2D eigenvalue weighted by molar-refractivity contribution is -0.150. The number of rotatable bonds is 7. The number of carbonyl (C=O) groups is 2. The van der Waals surface area contributed by atoms with E-state index in [9.17, 15) is 9.59 Å². The lowest BCUT2D eigenvalue weighted by Crippen LogP contribution is -2.31. The molecule has 3 rings (SSSR count). The molecule has 0 saturated carbocycles. The summed E-state index contributed by atoms with van der Waals surface area (Å²) < 4.78 is 10.5. The van der Waals surface area contributed by atoms with Gasteiger partial charge in [-0.25, -0.2) is 9.78 Å². The van der Waals surface area contributed by atoms with Gasteiger partial charge in [-0.1, -0.05) is 53.5 Å². The highest BCUT2D eigenvalue weighted by molar-refractivity contribution is 6.39. The van der Waals surface area contributed by atoms with E-state index in [1.165, 1.54) is 6.07 Å². The number of esters is 1. The number of aryl methyl sites for hydroxylation is 1. The van der Waals surface area contributed by atoms with Gasteiger partial charge in [0.05, 0.1) is 16.1 Å². The van der Waals surface area contributed by atoms with Crippen molar-refractivity contribution in [2.75, 3.05) is 13.2 Å². The van der Waals surface area contributed by atoms with Gasteiger partial charge >= 0.3 is 5.97 Å². The van der Waals surface area contributed by atoms with E-state index < -0.39 is 25.1 Å². The molecule has 0 unspecified atom stereocenters. The van der Waals surface area contributed by atoms with E-state index in [1.807, 2.05) is 50.2 Å². The molecule has 1 heterocycles. The number of fused-ring (bicyclic) bond motifs is 1. The van der Waals surface area contributed by atoms with Gasteiger partial charge in [0.1, 0.15) is 5.52 Å². The molecule has 3 aromatic rings. The minimum Gasteiger partial charge on any atom is -0.478 e. The fraction of sp³-hybridized carbons (Fsp3) is 0.227. The zero-order valence-electron chi connectivity index (χ0n) is 16.4. The Kier molecular flexibility index (Phi) is 7.13. The largest absolute Gasteiger partial charge is 0.478 e. The molecule has 30 heavy (non-hydrogen) atoms. The molecule has 0 aliphatic rings. The number of nitrogens with zero attached hydrogens (tertiary/aromatic N) is 1. The van der Waals surface area contributed by atoms with Gasteiger partial charge < -0.3 is 14.8 Å². The predicted octanol–water partition coefficient (Wildman–Crippen LogP) is 4.65. The van der Waals surface area contributed by atoms with Crippen LogP contribution in [0.2, 0.25) is 10.0 Å². The molecule has 0 aliphatic heterocycles. The highest BCUT2D eigenvalue weighted by atomic mass is 35.5. The van der Waals surface area contributed by atoms with E-state index in [-0.39, 0.29) is 16.8 Å². The zero-order valence-corrected chi connectivity index (χ0v) is 18.0. The second-order valence-electron chi connectivity index (χ2n) is 6.67. The van der Waals surface area contributed by atoms with Crippen LogP contribution in [0.25, 0.3) is 10.9 Å². The Hall–Kier alpha value is -2.83. The summed E-state index contributed by atoms with van der Waals surface area (Å²) in [6.45, 7) is 2.83. The van der Waals surface area contributed by atoms with Crippen LogP contribution in [0.5, 0.6) is 5.75 Å². The Bertz CT molecular complexity index is 1070. The number of nitrogens with one attached hydrogen (secondary N) is 1. The molecule has 6 nitrogen and oxygen atoms in total. The summed E-state index contributed by atoms with van der Waals surface area (Å²) in [5.74, 6) is -0.879. The van der Waals surface area contributed by atoms with Crippen LogP contribution < -0.4 is 10.1 Å². The van der Waals surface area contributed by atoms with Crippen LogP contribution in [0.15, 0.2) is 48.5 Å². The molecular weight excluding hydrogens is 427 g/mol. The smallest absolute Gasteiger partial charge is 0.344 e. The lowest BCUT2D eigenvalue weighted by Gasteiger charge is -2.15. The van der Waals surface area contributed by atoms with Crippen LogP contribution in [0.1, 0.15) is 24.2 Å². The summed E-state index contributed by atoms with van der Waals surface area (Å²) in [5.41, 5.74) is 2.15. The zero-order chi connectivity index (χ0) is 21.7. The van der Waals surface area contributed by atoms with Gasteiger partial charge in [0.25, 0.3) is 5.91 Å². The van der Waals surface area contributed by atoms with E-state index in [0.717, 1.165) is 11.3 Å². The Morgan fingerprint density at radius 1 is 1.07 bits per heavy atom. The van der Waals surface area contributed by atoms with E-state index in [2.05, 4.69) is 10.3 Å². The van der Waals surface area contributed by atoms with Gasteiger partial charge in [0, 0.05) is 11.1 Å². The van der Waals surface area contributed by atoms with E-state index in [0.29, 0.717) is 15.9 Å². The normalized spacial score (nSPS) is 11.7. The van der Waals surface area contributed by atoms with Gasteiger partial charge in [0.15, 0.2) is 19.0 Å². The fourth-order valence-electron chi connectivity index (χ4n) is 2.85. The molecule has 0 fully saturated rings. The van der Waals surface area contributed by atoms with Gasteiger partial charge in [-0.3, -0.25) is 4.79 Å². The Morgan fingerprint density at radius 2 is 1.80 bits per heavy atom. The summed E-state index contributed by atoms with van der Waals surface area (Å²) in [6.07, 6.45) is 0. The number of aromatic nitrogens is 1. The molecular formula is C22H20Cl2N2O4. The first kappa shape index (κ1) is 21.9. The molecule has 0 aliphatic carbocycles. The molecule has 1 aromatic heterocycles. The molecule has 2 aromatic carbocycles. The monoisotopic (exact) mass is 446 g/mol. The molecule has 0 radical (unpaired) electrons. The van der Waals surface area contributed by atoms with E-state index in [4.69, 9.17) is 32.7 Å². The Labute approximate surface area is 184 Å². The van der Waals surface area contributed by atoms with Crippen molar-refractivity contribution in [1.82, 2.24) is 10.3 Å². The van der Waals surface area contributed by atoms with Crippen LogP contribution in [0.3, 0.4) is 0 Å². The summed E-state index contributed by atoms with van der Waals surface area (Å²) in [7, 11) is 0. The van der Waals surface area contributed by atoms with Crippen LogP contribution in [-0.4, -0.2) is 30.1 Å². The molecule has 1 atom stereocenters. The maximum absolute atomic E-state index is 12.0. The summed E-state index contributed by atoms with van der Waals surface area (Å²) in [5, 5.41) is 4.09. The number of halogens is 2. The summed E-state index contributed by atoms with van der Waals surface area (Å²) in [4.78, 5) is 28.5. The maximum Gasteiger partial charge on any atom is 0.344 e. The van der Waals surface area contributed by atoms with Crippen molar-refractivity contribution in [2.24, 2.45) is 0 Å². The second-order valence-corrected chi connectivity index (χ2v) is 7.48. The maximum atomic E-state index is 12.0. The number of ether oxygens (including phenoxy) is 2. The van der Waals surface area contributed by atoms with Crippen molar-refractivity contribution < 1.29 is 19.1 Å². The Balaban J connectivity index is 1.56. The number of hydrogen-bond acceptors (Lipinski definition) is 5. The summed E-state index contributed by atoms with van der Waals surface area (Å²) >= 11 is 12.4. The SMILES string of the molecule is Cc1ccc2c(Cl)cc(Cl)c(OCC(=O)OCC(=O)N[C@@H](C)c3ccccc3)c2n1. The molecule has 1 N–H and O–H groups in total. The van der Waals surface area contributed by atoms with E-state index >= 15 is 0 Å². The van der Waals surface area contributed by atoms with Gasteiger partial charge in [-0.15, -0.1) is 0 Å².